The van der Waals surface area contributed by atoms with Gasteiger partial charge in [0.05, 0.1) is 23.2 Å². The molecule has 1 amide bonds. The van der Waals surface area contributed by atoms with Gasteiger partial charge in [-0.2, -0.15) is 0 Å². The maximum absolute atomic E-state index is 12.4. The molecule has 0 aliphatic heterocycles. The molecule has 0 radical (unpaired) electrons. The fraction of sp³-hybridized carbons (Fsp3) is 0.333. The maximum Gasteiger partial charge on any atom is 0.254 e. The van der Waals surface area contributed by atoms with Crippen LogP contribution in [0.15, 0.2) is 36.5 Å². The molecule has 19 heavy (non-hydrogen) atoms. The van der Waals surface area contributed by atoms with Gasteiger partial charge in [-0.1, -0.05) is 18.2 Å². The number of fused-ring (bicyclic) bond motifs is 1. The summed E-state index contributed by atoms with van der Waals surface area (Å²) in [6.45, 7) is -0.00304. The minimum absolute atomic E-state index is 0.00304. The summed E-state index contributed by atoms with van der Waals surface area (Å²) in [7, 11) is 0. The van der Waals surface area contributed by atoms with E-state index in [1.807, 2.05) is 24.3 Å². The van der Waals surface area contributed by atoms with E-state index >= 15 is 0 Å². The number of aromatic nitrogens is 1. The normalized spacial score (nSPS) is 16.9. The lowest BCUT2D eigenvalue weighted by atomic mass is 9.77. The number of hydrogen-bond donors (Lipinski definition) is 2. The average molecular weight is 256 g/mol. The number of aliphatic hydroxyl groups is 1. The van der Waals surface area contributed by atoms with Crippen LogP contribution in [-0.2, 0) is 0 Å². The molecule has 0 unspecified atom stereocenters. The van der Waals surface area contributed by atoms with Crippen molar-refractivity contribution in [1.29, 1.82) is 0 Å². The minimum Gasteiger partial charge on any atom is -0.394 e. The minimum atomic E-state index is -0.423. The molecule has 4 nitrogen and oxygen atoms in total. The van der Waals surface area contributed by atoms with Gasteiger partial charge in [0.1, 0.15) is 0 Å². The molecular weight excluding hydrogens is 240 g/mol. The van der Waals surface area contributed by atoms with Gasteiger partial charge >= 0.3 is 0 Å². The molecule has 1 aromatic carbocycles. The van der Waals surface area contributed by atoms with Crippen LogP contribution < -0.4 is 5.32 Å². The van der Waals surface area contributed by atoms with Gasteiger partial charge < -0.3 is 10.4 Å². The number of nitrogens with zero attached hydrogens (tertiary/aromatic N) is 1. The summed E-state index contributed by atoms with van der Waals surface area (Å²) in [5.41, 5.74) is 0.848. The van der Waals surface area contributed by atoms with E-state index in [2.05, 4.69) is 10.3 Å². The molecule has 1 heterocycles. The van der Waals surface area contributed by atoms with Gasteiger partial charge in [0.2, 0.25) is 0 Å². The van der Waals surface area contributed by atoms with E-state index in [-0.39, 0.29) is 12.5 Å². The molecule has 0 atom stereocenters. The van der Waals surface area contributed by atoms with Crippen molar-refractivity contribution in [2.45, 2.75) is 24.8 Å². The SMILES string of the molecule is O=C(NC1(CO)CCC1)c1cccc2cccnc12. The lowest BCUT2D eigenvalue weighted by molar-refractivity contribution is 0.0643. The van der Waals surface area contributed by atoms with E-state index in [1.165, 1.54) is 0 Å². The Bertz CT molecular complexity index is 610. The van der Waals surface area contributed by atoms with Crippen LogP contribution >= 0.6 is 0 Å². The predicted molar refractivity (Wildman–Crippen MR) is 72.9 cm³/mol. The molecule has 2 aromatic rings. The number of aliphatic hydroxyl groups excluding tert-OH is 1. The fourth-order valence-electron chi connectivity index (χ4n) is 2.52. The van der Waals surface area contributed by atoms with E-state index in [0.717, 1.165) is 24.6 Å². The molecule has 1 aliphatic carbocycles. The quantitative estimate of drug-likeness (QED) is 0.881. The molecule has 1 aliphatic rings. The molecule has 1 saturated carbocycles. The third-order valence-electron chi connectivity index (χ3n) is 3.87. The largest absolute Gasteiger partial charge is 0.394 e. The summed E-state index contributed by atoms with van der Waals surface area (Å²) in [6.07, 6.45) is 4.42. The Kier molecular flexibility index (Phi) is 2.95. The van der Waals surface area contributed by atoms with Crippen LogP contribution in [0.4, 0.5) is 0 Å². The Labute approximate surface area is 111 Å². The number of rotatable bonds is 3. The average Bonchev–Trinajstić information content (AvgIpc) is 2.42. The zero-order chi connectivity index (χ0) is 13.3. The molecule has 98 valence electrons. The standard InChI is InChI=1S/C15H16N2O2/c18-10-15(7-3-8-15)17-14(19)12-6-1-4-11-5-2-9-16-13(11)12/h1-2,4-6,9,18H,3,7-8,10H2,(H,17,19). The second kappa shape index (κ2) is 4.63. The van der Waals surface area contributed by atoms with Crippen molar-refractivity contribution in [2.75, 3.05) is 6.61 Å². The van der Waals surface area contributed by atoms with E-state index in [1.54, 1.807) is 12.3 Å². The number of carbonyl (C=O) groups is 1. The highest BCUT2D eigenvalue weighted by atomic mass is 16.3. The topological polar surface area (TPSA) is 62.2 Å². The van der Waals surface area contributed by atoms with E-state index in [4.69, 9.17) is 0 Å². The van der Waals surface area contributed by atoms with E-state index in [0.29, 0.717) is 11.1 Å². The number of pyridine rings is 1. The molecule has 0 saturated heterocycles. The maximum atomic E-state index is 12.4. The summed E-state index contributed by atoms with van der Waals surface area (Å²) in [4.78, 5) is 16.6. The molecule has 0 bridgehead atoms. The second-order valence-corrected chi connectivity index (χ2v) is 5.13. The molecule has 2 N–H and O–H groups in total. The van der Waals surface area contributed by atoms with Crippen molar-refractivity contribution in [3.05, 3.63) is 42.1 Å². The number of nitrogens with one attached hydrogen (secondary N) is 1. The first-order valence-corrected chi connectivity index (χ1v) is 6.51. The summed E-state index contributed by atoms with van der Waals surface area (Å²) < 4.78 is 0. The number of amides is 1. The molecule has 1 aromatic heterocycles. The van der Waals surface area contributed by atoms with Crippen molar-refractivity contribution in [2.24, 2.45) is 0 Å². The van der Waals surface area contributed by atoms with Crippen molar-refractivity contribution < 1.29 is 9.90 Å². The predicted octanol–water partition coefficient (Wildman–Crippen LogP) is 1.88. The van der Waals surface area contributed by atoms with Gasteiger partial charge in [0, 0.05) is 11.6 Å². The Hall–Kier alpha value is -1.94. The number of benzene rings is 1. The lowest BCUT2D eigenvalue weighted by Gasteiger charge is -2.40. The van der Waals surface area contributed by atoms with E-state index < -0.39 is 5.54 Å². The van der Waals surface area contributed by atoms with Gasteiger partial charge in [0.25, 0.3) is 5.91 Å². The summed E-state index contributed by atoms with van der Waals surface area (Å²) >= 11 is 0. The summed E-state index contributed by atoms with van der Waals surface area (Å²) in [5, 5.41) is 13.3. The number of carbonyl (C=O) groups excluding carboxylic acids is 1. The van der Waals surface area contributed by atoms with Crippen molar-refractivity contribution in [3.63, 3.8) is 0 Å². The van der Waals surface area contributed by atoms with Gasteiger partial charge in [-0.25, -0.2) is 0 Å². The zero-order valence-corrected chi connectivity index (χ0v) is 10.6. The van der Waals surface area contributed by atoms with Gasteiger partial charge in [-0.15, -0.1) is 0 Å². The Morgan fingerprint density at radius 3 is 2.79 bits per heavy atom. The van der Waals surface area contributed by atoms with Crippen LogP contribution in [0.5, 0.6) is 0 Å². The Morgan fingerprint density at radius 1 is 1.32 bits per heavy atom. The molecule has 3 rings (SSSR count). The smallest absolute Gasteiger partial charge is 0.254 e. The highest BCUT2D eigenvalue weighted by Gasteiger charge is 2.38. The van der Waals surface area contributed by atoms with Gasteiger partial charge in [-0.05, 0) is 31.4 Å². The third kappa shape index (κ3) is 2.08. The summed E-state index contributed by atoms with van der Waals surface area (Å²) in [5.74, 6) is -0.155. The van der Waals surface area contributed by atoms with Crippen LogP contribution in [-0.4, -0.2) is 28.1 Å². The Balaban J connectivity index is 1.93. The first-order valence-electron chi connectivity index (χ1n) is 6.51. The zero-order valence-electron chi connectivity index (χ0n) is 10.6. The van der Waals surface area contributed by atoms with Crippen LogP contribution in [0, 0.1) is 0 Å². The first-order chi connectivity index (χ1) is 9.24. The number of hydrogen-bond acceptors (Lipinski definition) is 3. The van der Waals surface area contributed by atoms with Crippen LogP contribution in [0.2, 0.25) is 0 Å². The van der Waals surface area contributed by atoms with Crippen molar-refractivity contribution in [1.82, 2.24) is 10.3 Å². The second-order valence-electron chi connectivity index (χ2n) is 5.13. The van der Waals surface area contributed by atoms with Crippen LogP contribution in [0.3, 0.4) is 0 Å². The first kappa shape index (κ1) is 12.1. The molecule has 4 heteroatoms. The van der Waals surface area contributed by atoms with Crippen molar-refractivity contribution >= 4 is 16.8 Å². The lowest BCUT2D eigenvalue weighted by Crippen LogP contribution is -2.56. The van der Waals surface area contributed by atoms with E-state index in [9.17, 15) is 9.90 Å². The third-order valence-corrected chi connectivity index (χ3v) is 3.87. The number of para-hydroxylation sites is 1. The monoisotopic (exact) mass is 256 g/mol. The fourth-order valence-corrected chi connectivity index (χ4v) is 2.52. The highest BCUT2D eigenvalue weighted by molar-refractivity contribution is 6.05. The van der Waals surface area contributed by atoms with Crippen LogP contribution in [0.25, 0.3) is 10.9 Å². The molecule has 1 fully saturated rings. The van der Waals surface area contributed by atoms with Crippen LogP contribution in [0.1, 0.15) is 29.6 Å². The van der Waals surface area contributed by atoms with Gasteiger partial charge in [-0.3, -0.25) is 9.78 Å². The molecular formula is C15H16N2O2. The highest BCUT2D eigenvalue weighted by Crippen LogP contribution is 2.31. The molecule has 0 spiro atoms. The Morgan fingerprint density at radius 2 is 2.11 bits per heavy atom. The summed E-state index contributed by atoms with van der Waals surface area (Å²) in [6, 6.07) is 9.35. The van der Waals surface area contributed by atoms with Crippen molar-refractivity contribution in [3.8, 4) is 0 Å². The van der Waals surface area contributed by atoms with Gasteiger partial charge in [0.15, 0.2) is 0 Å².